The SMILES string of the molecule is COCCNCC1CC1C1CCCC1. The van der Waals surface area contributed by atoms with Crippen LogP contribution in [0.2, 0.25) is 0 Å². The smallest absolute Gasteiger partial charge is 0.0587 e. The second-order valence-corrected chi connectivity index (χ2v) is 4.90. The Kier molecular flexibility index (Phi) is 3.82. The Morgan fingerprint density at radius 3 is 2.79 bits per heavy atom. The van der Waals surface area contributed by atoms with E-state index in [2.05, 4.69) is 5.32 Å². The molecule has 2 heteroatoms. The highest BCUT2D eigenvalue weighted by molar-refractivity contribution is 4.93. The Morgan fingerprint density at radius 2 is 2.07 bits per heavy atom. The van der Waals surface area contributed by atoms with Gasteiger partial charge in [0.25, 0.3) is 0 Å². The number of hydrogen-bond acceptors (Lipinski definition) is 2. The lowest BCUT2D eigenvalue weighted by Gasteiger charge is -2.08. The summed E-state index contributed by atoms with van der Waals surface area (Å²) in [5.41, 5.74) is 0. The summed E-state index contributed by atoms with van der Waals surface area (Å²) in [4.78, 5) is 0. The monoisotopic (exact) mass is 197 g/mol. The fraction of sp³-hybridized carbons (Fsp3) is 1.00. The summed E-state index contributed by atoms with van der Waals surface area (Å²) in [5, 5.41) is 3.48. The van der Waals surface area contributed by atoms with Gasteiger partial charge in [-0.15, -0.1) is 0 Å². The average molecular weight is 197 g/mol. The summed E-state index contributed by atoms with van der Waals surface area (Å²) in [6.45, 7) is 3.09. The van der Waals surface area contributed by atoms with Gasteiger partial charge in [-0.25, -0.2) is 0 Å². The van der Waals surface area contributed by atoms with Gasteiger partial charge in [0.2, 0.25) is 0 Å². The molecule has 2 saturated carbocycles. The maximum Gasteiger partial charge on any atom is 0.0587 e. The van der Waals surface area contributed by atoms with Gasteiger partial charge in [-0.05, 0) is 30.7 Å². The van der Waals surface area contributed by atoms with Gasteiger partial charge in [0.05, 0.1) is 6.61 Å². The highest BCUT2D eigenvalue weighted by atomic mass is 16.5. The molecule has 2 nitrogen and oxygen atoms in total. The van der Waals surface area contributed by atoms with Crippen molar-refractivity contribution in [2.75, 3.05) is 26.8 Å². The molecule has 0 aliphatic heterocycles. The molecular weight excluding hydrogens is 174 g/mol. The number of hydrogen-bond donors (Lipinski definition) is 1. The minimum atomic E-state index is 0.848. The van der Waals surface area contributed by atoms with Gasteiger partial charge in [-0.2, -0.15) is 0 Å². The summed E-state index contributed by atoms with van der Waals surface area (Å²) in [7, 11) is 1.76. The third kappa shape index (κ3) is 2.71. The van der Waals surface area contributed by atoms with Crippen LogP contribution >= 0.6 is 0 Å². The molecule has 2 aliphatic carbocycles. The number of nitrogens with one attached hydrogen (secondary N) is 1. The van der Waals surface area contributed by atoms with Crippen LogP contribution < -0.4 is 5.32 Å². The molecule has 0 amide bonds. The third-order valence-corrected chi connectivity index (χ3v) is 3.87. The standard InChI is InChI=1S/C12H23NO/c1-14-7-6-13-9-11-8-12(11)10-4-2-3-5-10/h10-13H,2-9H2,1H3. The summed E-state index contributed by atoms with van der Waals surface area (Å²) in [6, 6.07) is 0. The van der Waals surface area contributed by atoms with Crippen LogP contribution in [0, 0.1) is 17.8 Å². The fourth-order valence-corrected chi connectivity index (χ4v) is 2.93. The van der Waals surface area contributed by atoms with Crippen LogP contribution in [0.3, 0.4) is 0 Å². The summed E-state index contributed by atoms with van der Waals surface area (Å²) in [5.74, 6) is 3.16. The first kappa shape index (κ1) is 10.4. The highest BCUT2D eigenvalue weighted by Gasteiger charge is 2.42. The van der Waals surface area contributed by atoms with Crippen molar-refractivity contribution in [1.29, 1.82) is 0 Å². The molecule has 82 valence electrons. The van der Waals surface area contributed by atoms with E-state index in [-0.39, 0.29) is 0 Å². The van der Waals surface area contributed by atoms with E-state index in [4.69, 9.17) is 4.74 Å². The number of methoxy groups -OCH3 is 1. The van der Waals surface area contributed by atoms with E-state index in [0.29, 0.717) is 0 Å². The Labute approximate surface area is 87.4 Å². The van der Waals surface area contributed by atoms with Crippen LogP contribution in [0.25, 0.3) is 0 Å². The van der Waals surface area contributed by atoms with Crippen LogP contribution in [0.1, 0.15) is 32.1 Å². The molecule has 14 heavy (non-hydrogen) atoms. The van der Waals surface area contributed by atoms with Gasteiger partial charge in [-0.3, -0.25) is 0 Å². The zero-order valence-corrected chi connectivity index (χ0v) is 9.30. The Bertz CT molecular complexity index is 166. The van der Waals surface area contributed by atoms with Crippen LogP contribution in [0.4, 0.5) is 0 Å². The molecule has 0 saturated heterocycles. The Hall–Kier alpha value is -0.0800. The molecule has 2 unspecified atom stereocenters. The second-order valence-electron chi connectivity index (χ2n) is 4.90. The molecule has 0 aromatic heterocycles. The van der Waals surface area contributed by atoms with E-state index in [0.717, 1.165) is 30.9 Å². The average Bonchev–Trinajstić information content (AvgIpc) is 2.77. The number of ether oxygens (including phenoxy) is 1. The van der Waals surface area contributed by atoms with Crippen molar-refractivity contribution in [2.45, 2.75) is 32.1 Å². The van der Waals surface area contributed by atoms with E-state index in [9.17, 15) is 0 Å². The first-order valence-corrected chi connectivity index (χ1v) is 6.11. The van der Waals surface area contributed by atoms with Gasteiger partial charge >= 0.3 is 0 Å². The van der Waals surface area contributed by atoms with Gasteiger partial charge < -0.3 is 10.1 Å². The molecule has 1 N–H and O–H groups in total. The Balaban J connectivity index is 1.53. The normalized spacial score (nSPS) is 32.4. The van der Waals surface area contributed by atoms with E-state index >= 15 is 0 Å². The molecule has 2 fully saturated rings. The van der Waals surface area contributed by atoms with Gasteiger partial charge in [-0.1, -0.05) is 25.7 Å². The van der Waals surface area contributed by atoms with Crippen molar-refractivity contribution in [2.24, 2.45) is 17.8 Å². The largest absolute Gasteiger partial charge is 0.383 e. The van der Waals surface area contributed by atoms with Gasteiger partial charge in [0.15, 0.2) is 0 Å². The molecule has 2 atom stereocenters. The zero-order valence-electron chi connectivity index (χ0n) is 9.30. The van der Waals surface area contributed by atoms with Crippen molar-refractivity contribution in [1.82, 2.24) is 5.32 Å². The fourth-order valence-electron chi connectivity index (χ4n) is 2.93. The zero-order chi connectivity index (χ0) is 9.80. The maximum atomic E-state index is 5.01. The third-order valence-electron chi connectivity index (χ3n) is 3.87. The van der Waals surface area contributed by atoms with Gasteiger partial charge in [0, 0.05) is 13.7 Å². The second kappa shape index (κ2) is 5.13. The van der Waals surface area contributed by atoms with Crippen LogP contribution in [0.15, 0.2) is 0 Å². The predicted molar refractivity (Wildman–Crippen MR) is 58.3 cm³/mol. The van der Waals surface area contributed by atoms with E-state index in [1.54, 1.807) is 7.11 Å². The molecule has 2 rings (SSSR count). The van der Waals surface area contributed by atoms with Crippen molar-refractivity contribution >= 4 is 0 Å². The first-order chi connectivity index (χ1) is 6.92. The molecule has 0 bridgehead atoms. The van der Waals surface area contributed by atoms with E-state index in [1.165, 1.54) is 38.6 Å². The van der Waals surface area contributed by atoms with E-state index < -0.39 is 0 Å². The molecule has 2 aliphatic rings. The lowest BCUT2D eigenvalue weighted by molar-refractivity contribution is 0.199. The molecule has 0 aromatic carbocycles. The van der Waals surface area contributed by atoms with Crippen molar-refractivity contribution in [3.05, 3.63) is 0 Å². The lowest BCUT2D eigenvalue weighted by Crippen LogP contribution is -2.22. The van der Waals surface area contributed by atoms with Gasteiger partial charge in [0.1, 0.15) is 0 Å². The van der Waals surface area contributed by atoms with Crippen molar-refractivity contribution < 1.29 is 4.74 Å². The van der Waals surface area contributed by atoms with Crippen LogP contribution in [-0.4, -0.2) is 26.8 Å². The van der Waals surface area contributed by atoms with E-state index in [1.807, 2.05) is 0 Å². The summed E-state index contributed by atoms with van der Waals surface area (Å²) >= 11 is 0. The number of rotatable bonds is 6. The summed E-state index contributed by atoms with van der Waals surface area (Å²) in [6.07, 6.45) is 7.50. The molecule has 0 radical (unpaired) electrons. The highest BCUT2D eigenvalue weighted by Crippen LogP contribution is 2.49. The van der Waals surface area contributed by atoms with Crippen LogP contribution in [-0.2, 0) is 4.74 Å². The minimum absolute atomic E-state index is 0.848. The van der Waals surface area contributed by atoms with Crippen LogP contribution in [0.5, 0.6) is 0 Å². The maximum absolute atomic E-state index is 5.01. The predicted octanol–water partition coefficient (Wildman–Crippen LogP) is 2.05. The Morgan fingerprint density at radius 1 is 1.29 bits per heavy atom. The minimum Gasteiger partial charge on any atom is -0.383 e. The molecular formula is C12H23NO. The molecule has 0 heterocycles. The topological polar surface area (TPSA) is 21.3 Å². The summed E-state index contributed by atoms with van der Waals surface area (Å²) < 4.78 is 5.01. The molecule has 0 spiro atoms. The lowest BCUT2D eigenvalue weighted by atomic mass is 10.0. The quantitative estimate of drug-likeness (QED) is 0.658. The van der Waals surface area contributed by atoms with Crippen molar-refractivity contribution in [3.63, 3.8) is 0 Å². The molecule has 0 aromatic rings. The van der Waals surface area contributed by atoms with Crippen molar-refractivity contribution in [3.8, 4) is 0 Å². The first-order valence-electron chi connectivity index (χ1n) is 6.11.